The van der Waals surface area contributed by atoms with Crippen LogP contribution in [0.15, 0.2) is 34.3 Å². The largest absolute Gasteiger partial charge is 0.382 e. The van der Waals surface area contributed by atoms with Crippen LogP contribution in [0.2, 0.25) is 0 Å². The third kappa shape index (κ3) is 3.55. The number of nitriles is 1. The molecule has 0 unspecified atom stereocenters. The maximum Gasteiger partial charge on any atom is 0.201 e. The molecule has 8 heteroatoms. The van der Waals surface area contributed by atoms with E-state index >= 15 is 0 Å². The summed E-state index contributed by atoms with van der Waals surface area (Å²) < 4.78 is 23.8. The third-order valence-corrected chi connectivity index (χ3v) is 4.63. The molecule has 1 rings (SSSR count). The Morgan fingerprint density at radius 2 is 1.95 bits per heavy atom. The van der Waals surface area contributed by atoms with Crippen molar-refractivity contribution in [3.8, 4) is 6.07 Å². The van der Waals surface area contributed by atoms with Crippen LogP contribution in [-0.4, -0.2) is 25.2 Å². The van der Waals surface area contributed by atoms with Crippen molar-refractivity contribution in [3.05, 3.63) is 24.3 Å². The third-order valence-electron chi connectivity index (χ3n) is 2.46. The SMILES string of the molecule is CC(C)S(=O)(=O)c1ccc(N/N=C(\C#N)C(=N)N)cc1. The highest BCUT2D eigenvalue weighted by molar-refractivity contribution is 7.92. The van der Waals surface area contributed by atoms with E-state index in [1.54, 1.807) is 19.9 Å². The highest BCUT2D eigenvalue weighted by Gasteiger charge is 2.18. The summed E-state index contributed by atoms with van der Waals surface area (Å²) in [4.78, 5) is 0.217. The summed E-state index contributed by atoms with van der Waals surface area (Å²) in [6.07, 6.45) is 0. The molecule has 20 heavy (non-hydrogen) atoms. The minimum Gasteiger partial charge on any atom is -0.382 e. The van der Waals surface area contributed by atoms with E-state index in [1.807, 2.05) is 0 Å². The molecule has 0 aromatic heterocycles. The van der Waals surface area contributed by atoms with E-state index < -0.39 is 20.9 Å². The molecule has 0 aliphatic carbocycles. The van der Waals surface area contributed by atoms with Crippen LogP contribution in [0.3, 0.4) is 0 Å². The summed E-state index contributed by atoms with van der Waals surface area (Å²) >= 11 is 0. The Kier molecular flexibility index (Phi) is 4.83. The van der Waals surface area contributed by atoms with Crippen molar-refractivity contribution in [2.45, 2.75) is 24.0 Å². The molecule has 0 radical (unpaired) electrons. The maximum absolute atomic E-state index is 11.9. The predicted octanol–water partition coefficient (Wildman–Crippen LogP) is 1.10. The first-order valence-electron chi connectivity index (χ1n) is 5.71. The normalized spacial score (nSPS) is 12.0. The molecule has 1 aromatic rings. The highest BCUT2D eigenvalue weighted by atomic mass is 32.2. The minimum absolute atomic E-state index is 0.217. The van der Waals surface area contributed by atoms with E-state index in [0.29, 0.717) is 5.69 Å². The molecule has 0 amide bonds. The Morgan fingerprint density at radius 1 is 1.40 bits per heavy atom. The monoisotopic (exact) mass is 293 g/mol. The van der Waals surface area contributed by atoms with Crippen LogP contribution in [0.4, 0.5) is 5.69 Å². The van der Waals surface area contributed by atoms with Gasteiger partial charge in [0.05, 0.1) is 15.8 Å². The fraction of sp³-hybridized carbons (Fsp3) is 0.250. The van der Waals surface area contributed by atoms with Crippen molar-refractivity contribution < 1.29 is 8.42 Å². The van der Waals surface area contributed by atoms with Gasteiger partial charge in [-0.05, 0) is 38.1 Å². The van der Waals surface area contributed by atoms with Gasteiger partial charge in [0.2, 0.25) is 5.71 Å². The molecule has 0 aliphatic rings. The number of nitrogens with two attached hydrogens (primary N) is 1. The molecule has 0 bridgehead atoms. The predicted molar refractivity (Wildman–Crippen MR) is 77.3 cm³/mol. The van der Waals surface area contributed by atoms with Crippen LogP contribution >= 0.6 is 0 Å². The number of rotatable bonds is 5. The van der Waals surface area contributed by atoms with Crippen LogP contribution in [0.1, 0.15) is 13.8 Å². The summed E-state index contributed by atoms with van der Waals surface area (Å²) in [6, 6.07) is 7.61. The number of hydrogen-bond donors (Lipinski definition) is 3. The lowest BCUT2D eigenvalue weighted by Gasteiger charge is -2.08. The van der Waals surface area contributed by atoms with Crippen molar-refractivity contribution in [1.82, 2.24) is 0 Å². The Balaban J connectivity index is 2.95. The fourth-order valence-electron chi connectivity index (χ4n) is 1.26. The molecule has 0 saturated carbocycles. The summed E-state index contributed by atoms with van der Waals surface area (Å²) in [5.41, 5.74) is 7.91. The van der Waals surface area contributed by atoms with Gasteiger partial charge in [-0.25, -0.2) is 8.42 Å². The van der Waals surface area contributed by atoms with Gasteiger partial charge in [0.1, 0.15) is 6.07 Å². The molecule has 0 spiro atoms. The van der Waals surface area contributed by atoms with Gasteiger partial charge in [0.25, 0.3) is 0 Å². The topological polar surface area (TPSA) is 132 Å². The quantitative estimate of drug-likeness (QED) is 0.425. The molecule has 7 nitrogen and oxygen atoms in total. The van der Waals surface area contributed by atoms with E-state index in [4.69, 9.17) is 16.4 Å². The van der Waals surface area contributed by atoms with E-state index in [2.05, 4.69) is 10.5 Å². The van der Waals surface area contributed by atoms with Crippen molar-refractivity contribution in [3.63, 3.8) is 0 Å². The smallest absolute Gasteiger partial charge is 0.201 e. The molecule has 4 N–H and O–H groups in total. The number of nitrogens with one attached hydrogen (secondary N) is 2. The van der Waals surface area contributed by atoms with E-state index in [9.17, 15) is 8.42 Å². The lowest BCUT2D eigenvalue weighted by Crippen LogP contribution is -2.21. The van der Waals surface area contributed by atoms with Gasteiger partial charge in [-0.1, -0.05) is 0 Å². The summed E-state index contributed by atoms with van der Waals surface area (Å²) in [5, 5.41) is 18.9. The van der Waals surface area contributed by atoms with Gasteiger partial charge in [-0.15, -0.1) is 0 Å². The fourth-order valence-corrected chi connectivity index (χ4v) is 2.32. The van der Waals surface area contributed by atoms with Crippen LogP contribution in [0, 0.1) is 16.7 Å². The first-order valence-corrected chi connectivity index (χ1v) is 7.26. The molecule has 0 aliphatic heterocycles. The maximum atomic E-state index is 11.9. The molecule has 106 valence electrons. The highest BCUT2D eigenvalue weighted by Crippen LogP contribution is 2.18. The van der Waals surface area contributed by atoms with Crippen molar-refractivity contribution in [2.24, 2.45) is 10.8 Å². The lowest BCUT2D eigenvalue weighted by atomic mass is 10.3. The molecular formula is C12H15N5O2S. The zero-order valence-electron chi connectivity index (χ0n) is 11.1. The Morgan fingerprint density at radius 3 is 2.35 bits per heavy atom. The second-order valence-corrected chi connectivity index (χ2v) is 6.72. The number of anilines is 1. The van der Waals surface area contributed by atoms with Crippen molar-refractivity contribution >= 4 is 27.1 Å². The second kappa shape index (κ2) is 6.16. The summed E-state index contributed by atoms with van der Waals surface area (Å²) in [6.45, 7) is 3.22. The lowest BCUT2D eigenvalue weighted by molar-refractivity contribution is 0.587. The Bertz CT molecular complexity index is 669. The molecule has 0 saturated heterocycles. The molecule has 0 fully saturated rings. The molecule has 1 aromatic carbocycles. The van der Waals surface area contributed by atoms with Crippen LogP contribution in [0.25, 0.3) is 0 Å². The van der Waals surface area contributed by atoms with Gasteiger partial charge >= 0.3 is 0 Å². The zero-order chi connectivity index (χ0) is 15.3. The first-order chi connectivity index (χ1) is 9.28. The van der Waals surface area contributed by atoms with Gasteiger partial charge in [0.15, 0.2) is 15.7 Å². The Hall–Kier alpha value is -2.40. The van der Waals surface area contributed by atoms with Gasteiger partial charge in [-0.3, -0.25) is 10.8 Å². The second-order valence-electron chi connectivity index (χ2n) is 4.22. The molecule has 0 atom stereocenters. The number of benzene rings is 1. The van der Waals surface area contributed by atoms with Crippen LogP contribution in [-0.2, 0) is 9.84 Å². The number of hydrazone groups is 1. The minimum atomic E-state index is -3.31. The number of amidine groups is 1. The van der Waals surface area contributed by atoms with E-state index in [0.717, 1.165) is 0 Å². The van der Waals surface area contributed by atoms with Crippen molar-refractivity contribution in [2.75, 3.05) is 5.43 Å². The van der Waals surface area contributed by atoms with Gasteiger partial charge < -0.3 is 5.73 Å². The average molecular weight is 293 g/mol. The standard InChI is InChI=1S/C12H15N5O2S/c1-8(2)20(18,19)10-5-3-9(4-6-10)16-17-11(7-13)12(14)15/h3-6,8,16H,1-2H3,(H3,14,15)/b17-11+. The first kappa shape index (κ1) is 15.7. The number of sulfone groups is 1. The average Bonchev–Trinajstić information content (AvgIpc) is 2.39. The van der Waals surface area contributed by atoms with Crippen LogP contribution < -0.4 is 11.2 Å². The van der Waals surface area contributed by atoms with E-state index in [-0.39, 0.29) is 10.6 Å². The van der Waals surface area contributed by atoms with Gasteiger partial charge in [-0.2, -0.15) is 10.4 Å². The van der Waals surface area contributed by atoms with Gasteiger partial charge in [0, 0.05) is 0 Å². The summed E-state index contributed by atoms with van der Waals surface area (Å²) in [5.74, 6) is -0.445. The number of nitrogens with zero attached hydrogens (tertiary/aromatic N) is 2. The summed E-state index contributed by atoms with van der Waals surface area (Å²) in [7, 11) is -3.31. The van der Waals surface area contributed by atoms with Crippen molar-refractivity contribution in [1.29, 1.82) is 10.7 Å². The molecule has 0 heterocycles. The zero-order valence-corrected chi connectivity index (χ0v) is 11.9. The van der Waals surface area contributed by atoms with Crippen LogP contribution in [0.5, 0.6) is 0 Å². The Labute approximate surface area is 117 Å². The number of hydrogen-bond acceptors (Lipinski definition) is 6. The van der Waals surface area contributed by atoms with E-state index in [1.165, 1.54) is 24.3 Å². The molecular weight excluding hydrogens is 278 g/mol.